The van der Waals surface area contributed by atoms with E-state index < -0.39 is 23.2 Å². The van der Waals surface area contributed by atoms with E-state index in [1.807, 2.05) is 0 Å². The van der Waals surface area contributed by atoms with Crippen LogP contribution in [0.1, 0.15) is 29.6 Å². The lowest BCUT2D eigenvalue weighted by molar-refractivity contribution is -0.0601. The van der Waals surface area contributed by atoms with Crippen molar-refractivity contribution in [1.82, 2.24) is 0 Å². The van der Waals surface area contributed by atoms with E-state index in [1.54, 1.807) is 7.11 Å². The minimum atomic E-state index is -1.21. The van der Waals surface area contributed by atoms with Gasteiger partial charge >= 0.3 is 5.97 Å². The van der Waals surface area contributed by atoms with Gasteiger partial charge in [0.15, 0.2) is 11.6 Å². The molecule has 0 aromatic heterocycles. The largest absolute Gasteiger partial charge is 0.465 e. The first-order valence-electron chi connectivity index (χ1n) is 6.38. The third-order valence-electron chi connectivity index (χ3n) is 3.79. The minimum absolute atomic E-state index is 0.0125. The highest BCUT2D eigenvalue weighted by Crippen LogP contribution is 2.35. The highest BCUT2D eigenvalue weighted by atomic mass is 19.2. The molecule has 1 aliphatic rings. The van der Waals surface area contributed by atoms with Gasteiger partial charge in [-0.25, -0.2) is 13.6 Å². The maximum absolute atomic E-state index is 13.9. The Morgan fingerprint density at radius 3 is 2.50 bits per heavy atom. The topological polar surface area (TPSA) is 47.6 Å². The number of anilines is 1. The summed E-state index contributed by atoms with van der Waals surface area (Å²) in [5.41, 5.74) is -0.705. The number of methoxy groups -OCH3 is 2. The van der Waals surface area contributed by atoms with E-state index in [4.69, 9.17) is 4.74 Å². The average molecular weight is 285 g/mol. The van der Waals surface area contributed by atoms with Gasteiger partial charge < -0.3 is 14.8 Å². The van der Waals surface area contributed by atoms with Crippen LogP contribution >= 0.6 is 0 Å². The second kappa shape index (κ2) is 5.75. The highest BCUT2D eigenvalue weighted by molar-refractivity contribution is 5.90. The second-order valence-corrected chi connectivity index (χ2v) is 4.87. The molecule has 1 saturated carbocycles. The normalized spacial score (nSPS) is 16.4. The van der Waals surface area contributed by atoms with Gasteiger partial charge in [0, 0.05) is 13.7 Å². The van der Waals surface area contributed by atoms with Gasteiger partial charge in [0.2, 0.25) is 0 Å². The number of rotatable bonds is 5. The molecule has 0 spiro atoms. The van der Waals surface area contributed by atoms with E-state index in [9.17, 15) is 13.6 Å². The summed E-state index contributed by atoms with van der Waals surface area (Å²) in [6.07, 6.45) is 2.84. The van der Waals surface area contributed by atoms with Crippen LogP contribution in [0.25, 0.3) is 0 Å². The molecule has 1 aliphatic carbocycles. The van der Waals surface area contributed by atoms with Crippen LogP contribution < -0.4 is 5.32 Å². The number of ether oxygens (including phenoxy) is 2. The third kappa shape index (κ3) is 2.60. The molecular weight excluding hydrogens is 268 g/mol. The Bertz CT molecular complexity index is 510. The van der Waals surface area contributed by atoms with Crippen LogP contribution in [-0.2, 0) is 9.47 Å². The Morgan fingerprint density at radius 2 is 2.00 bits per heavy atom. The van der Waals surface area contributed by atoms with E-state index in [1.165, 1.54) is 12.1 Å². The molecule has 0 bridgehead atoms. The van der Waals surface area contributed by atoms with Crippen LogP contribution in [0.3, 0.4) is 0 Å². The number of halogens is 2. The number of hydrogen-bond donors (Lipinski definition) is 1. The average Bonchev–Trinajstić information content (AvgIpc) is 2.42. The number of hydrogen-bond acceptors (Lipinski definition) is 4. The molecule has 0 heterocycles. The zero-order valence-corrected chi connectivity index (χ0v) is 11.5. The van der Waals surface area contributed by atoms with Crippen LogP contribution in [0.4, 0.5) is 14.5 Å². The fraction of sp³-hybridized carbons (Fsp3) is 0.500. The molecule has 2 rings (SSSR count). The van der Waals surface area contributed by atoms with E-state index in [0.29, 0.717) is 6.54 Å². The predicted molar refractivity (Wildman–Crippen MR) is 69.8 cm³/mol. The summed E-state index contributed by atoms with van der Waals surface area (Å²) >= 11 is 0. The van der Waals surface area contributed by atoms with Crippen molar-refractivity contribution >= 4 is 11.7 Å². The summed E-state index contributed by atoms with van der Waals surface area (Å²) < 4.78 is 37.4. The van der Waals surface area contributed by atoms with Gasteiger partial charge in [0.1, 0.15) is 0 Å². The van der Waals surface area contributed by atoms with Crippen molar-refractivity contribution in [2.45, 2.75) is 24.9 Å². The van der Waals surface area contributed by atoms with Crippen molar-refractivity contribution in [3.8, 4) is 0 Å². The van der Waals surface area contributed by atoms with E-state index >= 15 is 0 Å². The summed E-state index contributed by atoms with van der Waals surface area (Å²) in [4.78, 5) is 11.2. The lowest BCUT2D eigenvalue weighted by Crippen LogP contribution is -2.45. The lowest BCUT2D eigenvalue weighted by atomic mass is 9.80. The maximum Gasteiger partial charge on any atom is 0.340 e. The molecule has 0 radical (unpaired) electrons. The number of nitrogens with one attached hydrogen (secondary N) is 1. The first-order chi connectivity index (χ1) is 9.53. The van der Waals surface area contributed by atoms with Crippen LogP contribution in [0.5, 0.6) is 0 Å². The molecule has 1 fully saturated rings. The Labute approximate surface area is 116 Å². The third-order valence-corrected chi connectivity index (χ3v) is 3.79. The molecular formula is C14H17F2NO3. The van der Waals surface area contributed by atoms with Gasteiger partial charge in [0.25, 0.3) is 0 Å². The van der Waals surface area contributed by atoms with Crippen molar-refractivity contribution in [3.05, 3.63) is 29.3 Å². The van der Waals surface area contributed by atoms with E-state index in [-0.39, 0.29) is 11.3 Å². The van der Waals surface area contributed by atoms with Crippen LogP contribution in [0.2, 0.25) is 0 Å². The predicted octanol–water partition coefficient (Wildman–Crippen LogP) is 2.73. The lowest BCUT2D eigenvalue weighted by Gasteiger charge is -2.40. The maximum atomic E-state index is 13.9. The summed E-state index contributed by atoms with van der Waals surface area (Å²) in [6, 6.07) is 2.53. The highest BCUT2D eigenvalue weighted by Gasteiger charge is 2.37. The fourth-order valence-electron chi connectivity index (χ4n) is 2.23. The standard InChI is InChI=1S/C14H17F2NO3/c1-19-13(18)9-4-5-10(12(16)11(9)15)17-8-14(20-2)6-3-7-14/h4-5,17H,3,6-8H2,1-2H3. The number of carbonyl (C=O) groups is 1. The van der Waals surface area contributed by atoms with Crippen LogP contribution in [0, 0.1) is 11.6 Å². The molecule has 0 amide bonds. The van der Waals surface area contributed by atoms with Crippen molar-refractivity contribution in [2.75, 3.05) is 26.1 Å². The van der Waals surface area contributed by atoms with E-state index in [0.717, 1.165) is 26.4 Å². The van der Waals surface area contributed by atoms with Gasteiger partial charge in [-0.05, 0) is 31.4 Å². The fourth-order valence-corrected chi connectivity index (χ4v) is 2.23. The Morgan fingerprint density at radius 1 is 1.30 bits per heavy atom. The molecule has 4 nitrogen and oxygen atoms in total. The molecule has 20 heavy (non-hydrogen) atoms. The molecule has 0 unspecified atom stereocenters. The Kier molecular flexibility index (Phi) is 4.23. The van der Waals surface area contributed by atoms with Crippen molar-refractivity contribution in [2.24, 2.45) is 0 Å². The molecule has 0 aliphatic heterocycles. The van der Waals surface area contributed by atoms with Crippen LogP contribution in [-0.4, -0.2) is 32.3 Å². The quantitative estimate of drug-likeness (QED) is 0.845. The van der Waals surface area contributed by atoms with Crippen LogP contribution in [0.15, 0.2) is 12.1 Å². The summed E-state index contributed by atoms with van der Waals surface area (Å²) in [5.74, 6) is -3.19. The van der Waals surface area contributed by atoms with Gasteiger partial charge in [0.05, 0.1) is 24.0 Å². The van der Waals surface area contributed by atoms with Crippen molar-refractivity contribution < 1.29 is 23.0 Å². The molecule has 110 valence electrons. The summed E-state index contributed by atoms with van der Waals surface area (Å²) in [6.45, 7) is 0.400. The first kappa shape index (κ1) is 14.7. The van der Waals surface area contributed by atoms with Crippen molar-refractivity contribution in [3.63, 3.8) is 0 Å². The molecule has 6 heteroatoms. The molecule has 1 aromatic rings. The second-order valence-electron chi connectivity index (χ2n) is 4.87. The minimum Gasteiger partial charge on any atom is -0.465 e. The molecule has 1 N–H and O–H groups in total. The molecule has 0 atom stereocenters. The number of esters is 1. The van der Waals surface area contributed by atoms with Gasteiger partial charge in [-0.1, -0.05) is 0 Å². The summed E-state index contributed by atoms with van der Waals surface area (Å²) in [5, 5.41) is 2.84. The molecule has 1 aromatic carbocycles. The Hall–Kier alpha value is -1.69. The molecule has 0 saturated heterocycles. The smallest absolute Gasteiger partial charge is 0.340 e. The van der Waals surface area contributed by atoms with Gasteiger partial charge in [-0.2, -0.15) is 0 Å². The number of benzene rings is 1. The van der Waals surface area contributed by atoms with E-state index in [2.05, 4.69) is 10.1 Å². The van der Waals surface area contributed by atoms with Gasteiger partial charge in [-0.3, -0.25) is 0 Å². The van der Waals surface area contributed by atoms with Crippen molar-refractivity contribution in [1.29, 1.82) is 0 Å². The summed E-state index contributed by atoms with van der Waals surface area (Å²) in [7, 11) is 2.73. The monoisotopic (exact) mass is 285 g/mol. The zero-order chi connectivity index (χ0) is 14.8. The SMILES string of the molecule is COC(=O)c1ccc(NCC2(OC)CCC2)c(F)c1F. The van der Waals surface area contributed by atoms with Gasteiger partial charge in [-0.15, -0.1) is 0 Å². The zero-order valence-electron chi connectivity index (χ0n) is 11.5. The number of carbonyl (C=O) groups excluding carboxylic acids is 1. The Balaban J connectivity index is 2.13. The first-order valence-corrected chi connectivity index (χ1v) is 6.38.